The van der Waals surface area contributed by atoms with Gasteiger partial charge in [-0.1, -0.05) is 13.8 Å². The summed E-state index contributed by atoms with van der Waals surface area (Å²) in [6, 6.07) is 0.128. The van der Waals surface area contributed by atoms with Crippen LogP contribution in [-0.2, 0) is 0 Å². The molecule has 0 aromatic rings. The zero-order valence-corrected chi connectivity index (χ0v) is 8.60. The molecule has 3 N–H and O–H groups in total. The summed E-state index contributed by atoms with van der Waals surface area (Å²) in [4.78, 5) is 12.1. The molecule has 1 fully saturated rings. The summed E-state index contributed by atoms with van der Waals surface area (Å²) in [5.41, 5.74) is 0. The van der Waals surface area contributed by atoms with Crippen LogP contribution in [0.4, 0.5) is 4.79 Å². The first-order valence-electron chi connectivity index (χ1n) is 4.90. The van der Waals surface area contributed by atoms with Crippen molar-refractivity contribution >= 4 is 6.09 Å². The van der Waals surface area contributed by atoms with Crippen LogP contribution >= 0.6 is 0 Å². The molecular formula is C9H18N2O3. The van der Waals surface area contributed by atoms with Crippen LogP contribution in [0.5, 0.6) is 0 Å². The monoisotopic (exact) mass is 202 g/mol. The number of aliphatic hydroxyl groups is 1. The third-order valence-electron chi connectivity index (χ3n) is 2.54. The molecule has 0 spiro atoms. The molecule has 1 heterocycles. The third-order valence-corrected chi connectivity index (χ3v) is 2.54. The fraction of sp³-hybridized carbons (Fsp3) is 0.889. The van der Waals surface area contributed by atoms with Gasteiger partial charge in [0.2, 0.25) is 0 Å². The molecule has 0 aliphatic carbocycles. The summed E-state index contributed by atoms with van der Waals surface area (Å²) >= 11 is 0. The second-order valence-corrected chi connectivity index (χ2v) is 4.10. The van der Waals surface area contributed by atoms with Crippen LogP contribution in [0.2, 0.25) is 0 Å². The highest BCUT2D eigenvalue weighted by atomic mass is 16.4. The van der Waals surface area contributed by atoms with Crippen molar-refractivity contribution in [3.63, 3.8) is 0 Å². The Bertz CT molecular complexity index is 208. The second kappa shape index (κ2) is 4.61. The van der Waals surface area contributed by atoms with Crippen molar-refractivity contribution < 1.29 is 15.0 Å². The minimum Gasteiger partial charge on any atom is -0.465 e. The van der Waals surface area contributed by atoms with Gasteiger partial charge >= 0.3 is 6.09 Å². The molecule has 5 heteroatoms. The second-order valence-electron chi connectivity index (χ2n) is 4.10. The van der Waals surface area contributed by atoms with Gasteiger partial charge in [0.1, 0.15) is 0 Å². The number of hydrogen-bond donors (Lipinski definition) is 3. The lowest BCUT2D eigenvalue weighted by Gasteiger charge is -2.24. The molecule has 0 bridgehead atoms. The number of aliphatic hydroxyl groups excluding tert-OH is 1. The standard InChI is InChI=1S/C9H18N2O3/c1-6(2)8-5-11(9(13)14)4-7(12)3-10-8/h6-8,10,12H,3-5H2,1-2H3,(H,13,14)/t7-,8-/m0/s1. The van der Waals surface area contributed by atoms with Gasteiger partial charge in [-0.3, -0.25) is 0 Å². The smallest absolute Gasteiger partial charge is 0.407 e. The van der Waals surface area contributed by atoms with Crippen LogP contribution in [0.3, 0.4) is 0 Å². The van der Waals surface area contributed by atoms with Gasteiger partial charge < -0.3 is 20.4 Å². The molecule has 82 valence electrons. The number of β-amino-alcohol motifs (C(OH)–C–C–N with tert-alkyl or cyclic N) is 1. The minimum atomic E-state index is -0.960. The Morgan fingerprint density at radius 2 is 2.14 bits per heavy atom. The maximum atomic E-state index is 10.8. The molecule has 2 atom stereocenters. The van der Waals surface area contributed by atoms with Gasteiger partial charge in [-0.05, 0) is 5.92 Å². The SMILES string of the molecule is CC(C)[C@@H]1CN(C(=O)O)C[C@@H](O)CN1. The van der Waals surface area contributed by atoms with E-state index < -0.39 is 12.2 Å². The highest BCUT2D eigenvalue weighted by molar-refractivity contribution is 5.65. The molecule has 1 aliphatic heterocycles. The van der Waals surface area contributed by atoms with E-state index in [9.17, 15) is 9.90 Å². The molecule has 1 rings (SSSR count). The first kappa shape index (κ1) is 11.3. The van der Waals surface area contributed by atoms with E-state index in [0.29, 0.717) is 19.0 Å². The molecular weight excluding hydrogens is 184 g/mol. The summed E-state index contributed by atoms with van der Waals surface area (Å²) in [7, 11) is 0. The normalized spacial score (nSPS) is 29.0. The maximum Gasteiger partial charge on any atom is 0.407 e. The summed E-state index contributed by atoms with van der Waals surface area (Å²) in [6.07, 6.45) is -1.56. The molecule has 0 saturated carbocycles. The van der Waals surface area contributed by atoms with Gasteiger partial charge in [0, 0.05) is 19.1 Å². The van der Waals surface area contributed by atoms with Crippen molar-refractivity contribution in [3.8, 4) is 0 Å². The fourth-order valence-corrected chi connectivity index (χ4v) is 1.59. The van der Waals surface area contributed by atoms with Gasteiger partial charge in [0.25, 0.3) is 0 Å². The molecule has 1 amide bonds. The maximum absolute atomic E-state index is 10.8. The van der Waals surface area contributed by atoms with E-state index in [-0.39, 0.29) is 12.6 Å². The minimum absolute atomic E-state index is 0.128. The van der Waals surface area contributed by atoms with E-state index in [1.54, 1.807) is 0 Å². The molecule has 14 heavy (non-hydrogen) atoms. The quantitative estimate of drug-likeness (QED) is 0.557. The molecule has 1 saturated heterocycles. The first-order chi connectivity index (χ1) is 6.50. The summed E-state index contributed by atoms with van der Waals surface area (Å²) < 4.78 is 0. The van der Waals surface area contributed by atoms with Gasteiger partial charge in [-0.25, -0.2) is 4.79 Å². The van der Waals surface area contributed by atoms with Crippen molar-refractivity contribution in [2.45, 2.75) is 26.0 Å². The number of carboxylic acid groups (broad SMARTS) is 1. The molecule has 0 radical (unpaired) electrons. The van der Waals surface area contributed by atoms with Crippen molar-refractivity contribution in [2.24, 2.45) is 5.92 Å². The topological polar surface area (TPSA) is 72.8 Å². The zero-order chi connectivity index (χ0) is 10.7. The Morgan fingerprint density at radius 1 is 1.50 bits per heavy atom. The summed E-state index contributed by atoms with van der Waals surface area (Å²) in [5.74, 6) is 0.363. The van der Waals surface area contributed by atoms with E-state index in [1.807, 2.05) is 13.8 Å². The van der Waals surface area contributed by atoms with E-state index in [1.165, 1.54) is 4.90 Å². The Labute approximate surface area is 83.7 Å². The highest BCUT2D eigenvalue weighted by Crippen LogP contribution is 2.08. The van der Waals surface area contributed by atoms with E-state index in [2.05, 4.69) is 5.32 Å². The zero-order valence-electron chi connectivity index (χ0n) is 8.60. The van der Waals surface area contributed by atoms with Gasteiger partial charge in [-0.2, -0.15) is 0 Å². The fourth-order valence-electron chi connectivity index (χ4n) is 1.59. The number of nitrogens with one attached hydrogen (secondary N) is 1. The number of amides is 1. The van der Waals surface area contributed by atoms with Crippen molar-refractivity contribution in [1.29, 1.82) is 0 Å². The Kier molecular flexibility index (Phi) is 3.71. The average molecular weight is 202 g/mol. The van der Waals surface area contributed by atoms with Crippen molar-refractivity contribution in [2.75, 3.05) is 19.6 Å². The van der Waals surface area contributed by atoms with E-state index in [4.69, 9.17) is 5.11 Å². The van der Waals surface area contributed by atoms with Crippen LogP contribution in [0.1, 0.15) is 13.8 Å². The van der Waals surface area contributed by atoms with Gasteiger partial charge in [0.15, 0.2) is 0 Å². The van der Waals surface area contributed by atoms with Crippen molar-refractivity contribution in [1.82, 2.24) is 10.2 Å². The average Bonchev–Trinajstić information content (AvgIpc) is 2.26. The van der Waals surface area contributed by atoms with Crippen molar-refractivity contribution in [3.05, 3.63) is 0 Å². The van der Waals surface area contributed by atoms with Crippen LogP contribution in [0, 0.1) is 5.92 Å². The van der Waals surface area contributed by atoms with Crippen LogP contribution in [-0.4, -0.2) is 53.0 Å². The largest absolute Gasteiger partial charge is 0.465 e. The van der Waals surface area contributed by atoms with Gasteiger partial charge in [0.05, 0.1) is 12.6 Å². The predicted octanol–water partition coefficient (Wildman–Crippen LogP) is -0.0449. The van der Waals surface area contributed by atoms with Crippen LogP contribution in [0.25, 0.3) is 0 Å². The Balaban J connectivity index is 2.63. The molecule has 1 aliphatic rings. The summed E-state index contributed by atoms with van der Waals surface area (Å²) in [6.45, 7) is 5.19. The highest BCUT2D eigenvalue weighted by Gasteiger charge is 2.26. The number of rotatable bonds is 1. The van der Waals surface area contributed by atoms with E-state index in [0.717, 1.165) is 0 Å². The van der Waals surface area contributed by atoms with Crippen LogP contribution < -0.4 is 5.32 Å². The molecule has 5 nitrogen and oxygen atoms in total. The molecule has 0 unspecified atom stereocenters. The first-order valence-corrected chi connectivity index (χ1v) is 4.90. The van der Waals surface area contributed by atoms with E-state index >= 15 is 0 Å². The lowest BCUT2D eigenvalue weighted by atomic mass is 10.0. The number of hydrogen-bond acceptors (Lipinski definition) is 3. The lowest BCUT2D eigenvalue weighted by molar-refractivity contribution is 0.108. The third kappa shape index (κ3) is 2.85. The Morgan fingerprint density at radius 3 is 2.64 bits per heavy atom. The molecule has 0 aromatic heterocycles. The van der Waals surface area contributed by atoms with Crippen LogP contribution in [0.15, 0.2) is 0 Å². The lowest BCUT2D eigenvalue weighted by Crippen LogP contribution is -2.42. The Hall–Kier alpha value is -0.810. The molecule has 0 aromatic carbocycles. The predicted molar refractivity (Wildman–Crippen MR) is 52.2 cm³/mol. The number of carbonyl (C=O) groups is 1. The number of nitrogens with zero attached hydrogens (tertiary/aromatic N) is 1. The summed E-state index contributed by atoms with van der Waals surface area (Å²) in [5, 5.41) is 21.5. The van der Waals surface area contributed by atoms with Gasteiger partial charge in [-0.15, -0.1) is 0 Å².